The van der Waals surface area contributed by atoms with Crippen LogP contribution < -0.4 is 0 Å². The lowest BCUT2D eigenvalue weighted by Gasteiger charge is -2.47. The number of hydrogen-bond acceptors (Lipinski definition) is 10. The topological polar surface area (TPSA) is 149 Å². The molecule has 0 radical (unpaired) electrons. The Hall–Kier alpha value is -1.75. The van der Waals surface area contributed by atoms with Gasteiger partial charge in [0.1, 0.15) is 12.2 Å². The number of esters is 3. The number of hydrogen-bond donors (Lipinski definition) is 3. The fraction of sp³-hybridized carbons (Fsp3) is 0.850. The van der Waals surface area contributed by atoms with Crippen molar-refractivity contribution in [1.82, 2.24) is 0 Å². The highest BCUT2D eigenvalue weighted by atomic mass is 16.8. The summed E-state index contributed by atoms with van der Waals surface area (Å²) in [4.78, 5) is 38.2. The predicted molar refractivity (Wildman–Crippen MR) is 92.0 cm³/mol. The van der Waals surface area contributed by atoms with Gasteiger partial charge < -0.3 is 34.3 Å². The average molecular weight is 424 g/mol. The van der Waals surface area contributed by atoms with E-state index >= 15 is 0 Å². The molecule has 1 unspecified atom stereocenters. The van der Waals surface area contributed by atoms with E-state index in [2.05, 4.69) is 0 Å². The molecular formula is C20H24O10. The number of aliphatic hydroxyl groups is 3. The molecule has 6 aliphatic rings. The van der Waals surface area contributed by atoms with E-state index in [4.69, 9.17) is 18.9 Å². The minimum Gasteiger partial charge on any atom is -0.459 e. The molecule has 30 heavy (non-hydrogen) atoms. The maximum Gasteiger partial charge on any atom is 0.343 e. The summed E-state index contributed by atoms with van der Waals surface area (Å²) < 4.78 is 22.5. The first-order chi connectivity index (χ1) is 13.8. The standard InChI is InChI=1S/C20H24O10/c1-6-12(23)28-11-9(21)18-8-5-7(16(2,3)4)17(18)10(22)13(24)29-15(17)30-20(18,14(25)27-8)19(6,11)26/h6-11,15,21-22,26H,5H2,1-4H3/t6-,7+,8-,9+,10+,11?,15+,17+,18-,19-,20-/m1/s1. The van der Waals surface area contributed by atoms with E-state index < -0.39 is 87.9 Å². The number of ether oxygens (including phenoxy) is 4. The van der Waals surface area contributed by atoms with Gasteiger partial charge in [0, 0.05) is 0 Å². The highest BCUT2D eigenvalue weighted by Gasteiger charge is 3.03. The third-order valence-electron chi connectivity index (χ3n) is 9.00. The van der Waals surface area contributed by atoms with Crippen LogP contribution in [0.3, 0.4) is 0 Å². The van der Waals surface area contributed by atoms with Gasteiger partial charge in [-0.2, -0.15) is 0 Å². The van der Waals surface area contributed by atoms with Crippen LogP contribution in [0.4, 0.5) is 0 Å². The zero-order valence-corrected chi connectivity index (χ0v) is 16.9. The Morgan fingerprint density at radius 3 is 2.33 bits per heavy atom. The Morgan fingerprint density at radius 1 is 1.03 bits per heavy atom. The molecule has 4 heterocycles. The van der Waals surface area contributed by atoms with Crippen LogP contribution in [0.25, 0.3) is 0 Å². The van der Waals surface area contributed by atoms with Gasteiger partial charge in [0.2, 0.25) is 11.9 Å². The molecule has 0 aromatic carbocycles. The van der Waals surface area contributed by atoms with Crippen LogP contribution in [0.5, 0.6) is 0 Å². The zero-order valence-electron chi connectivity index (χ0n) is 16.9. The predicted octanol–water partition coefficient (Wildman–Crippen LogP) is -1.37. The van der Waals surface area contributed by atoms with Gasteiger partial charge in [-0.1, -0.05) is 20.8 Å². The van der Waals surface area contributed by atoms with Crippen LogP contribution in [-0.2, 0) is 33.3 Å². The molecule has 4 saturated heterocycles. The van der Waals surface area contributed by atoms with E-state index in [0.29, 0.717) is 0 Å². The van der Waals surface area contributed by atoms with Crippen molar-refractivity contribution in [3.63, 3.8) is 0 Å². The Morgan fingerprint density at radius 2 is 1.70 bits per heavy atom. The van der Waals surface area contributed by atoms with Crippen molar-refractivity contribution in [3.05, 3.63) is 0 Å². The van der Waals surface area contributed by atoms with Crippen molar-refractivity contribution >= 4 is 17.9 Å². The maximum absolute atomic E-state index is 13.4. The second-order valence-electron chi connectivity index (χ2n) is 10.7. The van der Waals surface area contributed by atoms with Crippen LogP contribution in [0.2, 0.25) is 0 Å². The maximum atomic E-state index is 13.4. The molecule has 11 atom stereocenters. The van der Waals surface area contributed by atoms with Gasteiger partial charge in [-0.15, -0.1) is 0 Å². The molecule has 164 valence electrons. The lowest BCUT2D eigenvalue weighted by molar-refractivity contribution is -0.239. The van der Waals surface area contributed by atoms with Gasteiger partial charge in [-0.05, 0) is 24.7 Å². The van der Waals surface area contributed by atoms with Crippen LogP contribution in [0.1, 0.15) is 34.1 Å². The summed E-state index contributed by atoms with van der Waals surface area (Å²) in [7, 11) is 0. The minimum absolute atomic E-state index is 0.229. The SMILES string of the molecule is C[C@@H]1C(=O)OC2[C@H](O)[C@]34[C@H]5C[C@@H](C(C)(C)C)[C@]36[C@@H](OC(=O)[C@@H]6O)O[C@@]4(C(=O)O5)[C@]21O. The first-order valence-electron chi connectivity index (χ1n) is 10.2. The Labute approximate surface area is 171 Å². The van der Waals surface area contributed by atoms with E-state index in [1.165, 1.54) is 6.92 Å². The van der Waals surface area contributed by atoms with E-state index in [0.717, 1.165) is 0 Å². The van der Waals surface area contributed by atoms with E-state index in [-0.39, 0.29) is 6.42 Å². The van der Waals surface area contributed by atoms with Crippen molar-refractivity contribution in [2.45, 2.75) is 76.0 Å². The normalized spacial score (nSPS) is 60.1. The van der Waals surface area contributed by atoms with Gasteiger partial charge in [-0.3, -0.25) is 4.79 Å². The van der Waals surface area contributed by atoms with Crippen LogP contribution in [-0.4, -0.2) is 75.1 Å². The quantitative estimate of drug-likeness (QED) is 0.314. The highest BCUT2D eigenvalue weighted by Crippen LogP contribution is 2.84. The van der Waals surface area contributed by atoms with Crippen LogP contribution >= 0.6 is 0 Å². The first-order valence-corrected chi connectivity index (χ1v) is 10.2. The van der Waals surface area contributed by atoms with Crippen molar-refractivity contribution < 1.29 is 48.7 Å². The number of carbonyl (C=O) groups is 3. The van der Waals surface area contributed by atoms with Crippen LogP contribution in [0.15, 0.2) is 0 Å². The Kier molecular flexibility index (Phi) is 2.97. The molecule has 0 amide bonds. The molecule has 3 N–H and O–H groups in total. The molecule has 2 aliphatic carbocycles. The molecule has 6 rings (SSSR count). The molecule has 10 heteroatoms. The zero-order chi connectivity index (χ0) is 21.8. The minimum atomic E-state index is -2.24. The molecule has 10 nitrogen and oxygen atoms in total. The molecule has 0 aromatic rings. The van der Waals surface area contributed by atoms with Gasteiger partial charge in [0.15, 0.2) is 17.8 Å². The molecule has 2 spiro atoms. The van der Waals surface area contributed by atoms with Gasteiger partial charge in [0.05, 0.1) is 16.7 Å². The number of aliphatic hydroxyl groups excluding tert-OH is 2. The lowest BCUT2D eigenvalue weighted by atomic mass is 9.51. The second-order valence-corrected chi connectivity index (χ2v) is 10.7. The monoisotopic (exact) mass is 424 g/mol. The van der Waals surface area contributed by atoms with Gasteiger partial charge >= 0.3 is 17.9 Å². The first kappa shape index (κ1) is 19.0. The van der Waals surface area contributed by atoms with Crippen molar-refractivity contribution in [2.75, 3.05) is 0 Å². The van der Waals surface area contributed by atoms with E-state index in [1.54, 1.807) is 0 Å². The summed E-state index contributed by atoms with van der Waals surface area (Å²) in [5, 5.41) is 34.7. The summed E-state index contributed by atoms with van der Waals surface area (Å²) in [5.74, 6) is -4.32. The summed E-state index contributed by atoms with van der Waals surface area (Å²) in [6, 6.07) is 0. The number of fused-ring (bicyclic) bond motifs is 1. The van der Waals surface area contributed by atoms with Gasteiger partial charge in [-0.25, -0.2) is 9.59 Å². The molecule has 0 aromatic heterocycles. The third-order valence-corrected chi connectivity index (χ3v) is 9.00. The number of rotatable bonds is 0. The molecule has 6 fully saturated rings. The summed E-state index contributed by atoms with van der Waals surface area (Å²) in [6.07, 6.45) is -6.91. The Bertz CT molecular complexity index is 925. The lowest BCUT2D eigenvalue weighted by Crippen LogP contribution is -2.67. The molecule has 0 bridgehead atoms. The van der Waals surface area contributed by atoms with E-state index in [1.807, 2.05) is 20.8 Å². The average Bonchev–Trinajstić information content (AvgIpc) is 3.35. The van der Waals surface area contributed by atoms with Gasteiger partial charge in [0.25, 0.3) is 0 Å². The van der Waals surface area contributed by atoms with Crippen LogP contribution in [0, 0.1) is 28.1 Å². The molecule has 2 saturated carbocycles. The molecular weight excluding hydrogens is 400 g/mol. The van der Waals surface area contributed by atoms with Crippen molar-refractivity contribution in [2.24, 2.45) is 28.1 Å². The second kappa shape index (κ2) is 4.69. The summed E-state index contributed by atoms with van der Waals surface area (Å²) in [6.45, 7) is 7.14. The smallest absolute Gasteiger partial charge is 0.343 e. The fourth-order valence-corrected chi connectivity index (χ4v) is 8.12. The fourth-order valence-electron chi connectivity index (χ4n) is 8.12. The van der Waals surface area contributed by atoms with Crippen molar-refractivity contribution in [1.29, 1.82) is 0 Å². The van der Waals surface area contributed by atoms with E-state index in [9.17, 15) is 29.7 Å². The Balaban J connectivity index is 1.72. The summed E-state index contributed by atoms with van der Waals surface area (Å²) >= 11 is 0. The number of carbonyl (C=O) groups excluding carboxylic acids is 3. The highest BCUT2D eigenvalue weighted by molar-refractivity contribution is 5.94. The third kappa shape index (κ3) is 1.33. The largest absolute Gasteiger partial charge is 0.459 e. The van der Waals surface area contributed by atoms with Crippen molar-refractivity contribution in [3.8, 4) is 0 Å². The molecule has 4 aliphatic heterocycles. The summed E-state index contributed by atoms with van der Waals surface area (Å²) in [5.41, 5.74) is -8.26.